The van der Waals surface area contributed by atoms with E-state index in [0.29, 0.717) is 28.9 Å². The Bertz CT molecular complexity index is 1050. The molecule has 1 amide bonds. The van der Waals surface area contributed by atoms with Gasteiger partial charge in [0, 0.05) is 23.3 Å². The highest BCUT2D eigenvalue weighted by Crippen LogP contribution is 2.66. The number of rotatable bonds is 8. The molecule has 5 heteroatoms. The Morgan fingerprint density at radius 1 is 1.00 bits per heavy atom. The van der Waals surface area contributed by atoms with Gasteiger partial charge in [-0.3, -0.25) is 4.79 Å². The van der Waals surface area contributed by atoms with E-state index in [1.54, 1.807) is 7.11 Å². The molecular formula is C29H38N2O3. The molecule has 2 N–H and O–H groups in total. The molecule has 34 heavy (non-hydrogen) atoms. The lowest BCUT2D eigenvalue weighted by atomic mass is 9.43. The predicted molar refractivity (Wildman–Crippen MR) is 135 cm³/mol. The molecule has 0 saturated heterocycles. The van der Waals surface area contributed by atoms with E-state index in [9.17, 15) is 4.79 Å². The topological polar surface area (TPSA) is 59.6 Å². The summed E-state index contributed by atoms with van der Waals surface area (Å²) >= 11 is 0. The van der Waals surface area contributed by atoms with Crippen LogP contribution in [0.25, 0.3) is 0 Å². The molecule has 2 unspecified atom stereocenters. The van der Waals surface area contributed by atoms with E-state index >= 15 is 0 Å². The largest absolute Gasteiger partial charge is 0.493 e. The molecule has 2 aromatic rings. The smallest absolute Gasteiger partial charge is 0.262 e. The lowest BCUT2D eigenvalue weighted by Gasteiger charge is -2.65. The Kier molecular flexibility index (Phi) is 5.87. The molecule has 2 aromatic carbocycles. The Balaban J connectivity index is 1.28. The minimum Gasteiger partial charge on any atom is -0.493 e. The van der Waals surface area contributed by atoms with Crippen molar-refractivity contribution in [3.8, 4) is 11.5 Å². The lowest BCUT2D eigenvalue weighted by molar-refractivity contribution is -0.119. The van der Waals surface area contributed by atoms with Crippen molar-refractivity contribution >= 4 is 11.6 Å². The van der Waals surface area contributed by atoms with Gasteiger partial charge >= 0.3 is 0 Å². The average Bonchev–Trinajstić information content (AvgIpc) is 2.75. The van der Waals surface area contributed by atoms with Crippen LogP contribution in [0.4, 0.5) is 5.69 Å². The third-order valence-corrected chi connectivity index (χ3v) is 8.24. The van der Waals surface area contributed by atoms with Gasteiger partial charge in [0.25, 0.3) is 5.91 Å². The summed E-state index contributed by atoms with van der Waals surface area (Å²) in [6.45, 7) is 7.67. The van der Waals surface area contributed by atoms with Crippen LogP contribution >= 0.6 is 0 Å². The average molecular weight is 463 g/mol. The van der Waals surface area contributed by atoms with Gasteiger partial charge in [0.05, 0.1) is 7.11 Å². The summed E-state index contributed by atoms with van der Waals surface area (Å²) in [5, 5.41) is 6.89. The van der Waals surface area contributed by atoms with E-state index in [1.807, 2.05) is 43.3 Å². The number of para-hydroxylation sites is 1. The molecule has 0 aliphatic heterocycles. The number of amides is 1. The van der Waals surface area contributed by atoms with Crippen molar-refractivity contribution in [2.45, 2.75) is 71.4 Å². The molecule has 182 valence electrons. The maximum absolute atomic E-state index is 12.5. The molecule has 0 spiro atoms. The standard InChI is InChI=1S/C29H38N2O3/c1-20-8-10-23(11-9-20)31-25(32)16-34-26-22(6-5-7-24(26)33-4)15-30-29-14-21-12-27(2,18-29)17-28(3,13-21)19-29/h5-11,21,30H,12-19H2,1-4H3,(H,31,32)/t21?,27-,28+,29?. The highest BCUT2D eigenvalue weighted by molar-refractivity contribution is 5.91. The molecule has 4 bridgehead atoms. The first-order valence-corrected chi connectivity index (χ1v) is 12.6. The van der Waals surface area contributed by atoms with Crippen LogP contribution in [0.3, 0.4) is 0 Å². The molecule has 6 rings (SSSR count). The number of carbonyl (C=O) groups is 1. The maximum atomic E-state index is 12.5. The number of aryl methyl sites for hydroxylation is 1. The lowest BCUT2D eigenvalue weighted by Crippen LogP contribution is -2.63. The Labute approximate surface area is 203 Å². The normalized spacial score (nSPS) is 31.4. The van der Waals surface area contributed by atoms with Gasteiger partial charge in [-0.15, -0.1) is 0 Å². The second-order valence-electron chi connectivity index (χ2n) is 11.9. The molecule has 5 nitrogen and oxygen atoms in total. The van der Waals surface area contributed by atoms with E-state index in [0.717, 1.165) is 22.7 Å². The molecule has 4 aliphatic rings. The van der Waals surface area contributed by atoms with Gasteiger partial charge in [0.15, 0.2) is 18.1 Å². The van der Waals surface area contributed by atoms with Crippen molar-refractivity contribution in [3.05, 3.63) is 53.6 Å². The Morgan fingerprint density at radius 2 is 1.71 bits per heavy atom. The van der Waals surface area contributed by atoms with Crippen LogP contribution in [0, 0.1) is 23.7 Å². The summed E-state index contributed by atoms with van der Waals surface area (Å²) < 4.78 is 11.6. The zero-order chi connectivity index (χ0) is 24.0. The fourth-order valence-electron chi connectivity index (χ4n) is 7.92. The van der Waals surface area contributed by atoms with Crippen molar-refractivity contribution in [1.29, 1.82) is 0 Å². The number of nitrogens with one attached hydrogen (secondary N) is 2. The van der Waals surface area contributed by atoms with Crippen molar-refractivity contribution in [2.24, 2.45) is 16.7 Å². The summed E-state index contributed by atoms with van der Waals surface area (Å²) in [5.41, 5.74) is 4.08. The van der Waals surface area contributed by atoms with Gasteiger partial charge in [0.2, 0.25) is 0 Å². The van der Waals surface area contributed by atoms with Crippen molar-refractivity contribution in [1.82, 2.24) is 5.32 Å². The van der Waals surface area contributed by atoms with Crippen LogP contribution in [-0.2, 0) is 11.3 Å². The van der Waals surface area contributed by atoms with Crippen LogP contribution in [0.2, 0.25) is 0 Å². The van der Waals surface area contributed by atoms with Gasteiger partial charge in [0.1, 0.15) is 0 Å². The van der Waals surface area contributed by atoms with E-state index < -0.39 is 0 Å². The highest BCUT2D eigenvalue weighted by atomic mass is 16.5. The minimum absolute atomic E-state index is 0.0649. The van der Waals surface area contributed by atoms with E-state index in [-0.39, 0.29) is 18.1 Å². The third-order valence-electron chi connectivity index (χ3n) is 8.24. The van der Waals surface area contributed by atoms with Gasteiger partial charge in [-0.2, -0.15) is 0 Å². The van der Waals surface area contributed by atoms with Crippen LogP contribution in [-0.4, -0.2) is 25.2 Å². The molecule has 0 aromatic heterocycles. The fraction of sp³-hybridized carbons (Fsp3) is 0.552. The number of ether oxygens (including phenoxy) is 2. The molecule has 4 aliphatic carbocycles. The van der Waals surface area contributed by atoms with E-state index in [1.165, 1.54) is 38.5 Å². The van der Waals surface area contributed by atoms with Crippen molar-refractivity contribution < 1.29 is 14.3 Å². The fourth-order valence-corrected chi connectivity index (χ4v) is 7.92. The van der Waals surface area contributed by atoms with Crippen LogP contribution in [0.1, 0.15) is 63.5 Å². The molecular weight excluding hydrogens is 424 g/mol. The first-order valence-electron chi connectivity index (χ1n) is 12.6. The molecule has 0 radical (unpaired) electrons. The number of hydrogen-bond donors (Lipinski definition) is 2. The first kappa shape index (κ1) is 23.2. The van der Waals surface area contributed by atoms with Crippen molar-refractivity contribution in [2.75, 3.05) is 19.0 Å². The van der Waals surface area contributed by atoms with Crippen LogP contribution < -0.4 is 20.1 Å². The van der Waals surface area contributed by atoms with Crippen LogP contribution in [0.5, 0.6) is 11.5 Å². The Morgan fingerprint density at radius 3 is 2.35 bits per heavy atom. The zero-order valence-corrected chi connectivity index (χ0v) is 21.0. The van der Waals surface area contributed by atoms with E-state index in [2.05, 4.69) is 30.5 Å². The Hall–Kier alpha value is -2.53. The van der Waals surface area contributed by atoms with Crippen LogP contribution in [0.15, 0.2) is 42.5 Å². The number of methoxy groups -OCH3 is 1. The number of anilines is 1. The molecule has 4 atom stereocenters. The molecule has 4 fully saturated rings. The highest BCUT2D eigenvalue weighted by Gasteiger charge is 2.59. The summed E-state index contributed by atoms with van der Waals surface area (Å²) in [7, 11) is 1.65. The summed E-state index contributed by atoms with van der Waals surface area (Å²) in [4.78, 5) is 12.5. The predicted octanol–water partition coefficient (Wildman–Crippen LogP) is 5.86. The first-order chi connectivity index (χ1) is 16.2. The van der Waals surface area contributed by atoms with Gasteiger partial charge < -0.3 is 20.1 Å². The number of hydrogen-bond acceptors (Lipinski definition) is 4. The third kappa shape index (κ3) is 4.68. The number of benzene rings is 2. The van der Waals surface area contributed by atoms with Gasteiger partial charge in [-0.05, 0) is 80.4 Å². The van der Waals surface area contributed by atoms with Crippen molar-refractivity contribution in [3.63, 3.8) is 0 Å². The summed E-state index contributed by atoms with van der Waals surface area (Å²) in [6, 6.07) is 13.7. The monoisotopic (exact) mass is 462 g/mol. The number of carbonyl (C=O) groups excluding carboxylic acids is 1. The quantitative estimate of drug-likeness (QED) is 0.516. The summed E-state index contributed by atoms with van der Waals surface area (Å²) in [5.74, 6) is 1.96. The SMILES string of the molecule is COc1cccc(CNC23CC4C[C@@](C)(C2)C[C@](C)(C4)C3)c1OCC(=O)Nc1ccc(C)cc1. The summed E-state index contributed by atoms with van der Waals surface area (Å²) in [6.07, 6.45) is 7.92. The molecule has 4 saturated carbocycles. The maximum Gasteiger partial charge on any atom is 0.262 e. The van der Waals surface area contributed by atoms with Gasteiger partial charge in [-0.1, -0.05) is 43.7 Å². The second kappa shape index (κ2) is 8.60. The van der Waals surface area contributed by atoms with Gasteiger partial charge in [-0.25, -0.2) is 0 Å². The van der Waals surface area contributed by atoms with E-state index in [4.69, 9.17) is 9.47 Å². The minimum atomic E-state index is -0.185. The molecule has 0 heterocycles. The zero-order valence-electron chi connectivity index (χ0n) is 21.0. The second-order valence-corrected chi connectivity index (χ2v) is 11.9.